The highest BCUT2D eigenvalue weighted by Crippen LogP contribution is 2.37. The second-order valence-electron chi connectivity index (χ2n) is 4.91. The number of fused-ring (bicyclic) bond motifs is 1. The van der Waals surface area contributed by atoms with Crippen LogP contribution in [0.3, 0.4) is 0 Å². The monoisotopic (exact) mass is 278 g/mol. The first-order valence-corrected chi connectivity index (χ1v) is 6.67. The van der Waals surface area contributed by atoms with Gasteiger partial charge < -0.3 is 10.2 Å². The molecule has 0 spiro atoms. The summed E-state index contributed by atoms with van der Waals surface area (Å²) in [7, 11) is 0. The fourth-order valence-electron chi connectivity index (χ4n) is 2.66. The molecular weight excluding hydrogens is 264 g/mol. The van der Waals surface area contributed by atoms with Crippen LogP contribution in [0.1, 0.15) is 5.56 Å². The summed E-state index contributed by atoms with van der Waals surface area (Å²) in [6.45, 7) is 0. The molecule has 0 atom stereocenters. The molecular formula is C18H14O3. The average Bonchev–Trinajstić information content (AvgIpc) is 2.48. The van der Waals surface area contributed by atoms with Crippen LogP contribution >= 0.6 is 0 Å². The number of carbonyl (C=O) groups is 1. The molecule has 0 aliphatic carbocycles. The number of hydrogen-bond donors (Lipinski definition) is 2. The number of benzene rings is 3. The zero-order valence-electron chi connectivity index (χ0n) is 11.3. The Balaban J connectivity index is 2.37. The van der Waals surface area contributed by atoms with Gasteiger partial charge >= 0.3 is 5.97 Å². The Labute approximate surface area is 122 Å². The van der Waals surface area contributed by atoms with Gasteiger partial charge in [0.25, 0.3) is 0 Å². The molecule has 0 saturated heterocycles. The van der Waals surface area contributed by atoms with Crippen molar-refractivity contribution in [3.63, 3.8) is 0 Å². The Hall–Kier alpha value is -2.81. The normalized spacial score (nSPS) is 10.7. The van der Waals surface area contributed by atoms with E-state index in [2.05, 4.69) is 0 Å². The Morgan fingerprint density at radius 2 is 1.52 bits per heavy atom. The van der Waals surface area contributed by atoms with Crippen LogP contribution in [0.15, 0.2) is 60.7 Å². The van der Waals surface area contributed by atoms with Gasteiger partial charge in [-0.25, -0.2) is 0 Å². The van der Waals surface area contributed by atoms with Gasteiger partial charge in [-0.2, -0.15) is 0 Å². The van der Waals surface area contributed by atoms with Crippen LogP contribution in [0, 0.1) is 0 Å². The summed E-state index contributed by atoms with van der Waals surface area (Å²) in [5.41, 5.74) is 2.43. The molecule has 0 bridgehead atoms. The first-order valence-electron chi connectivity index (χ1n) is 6.67. The van der Waals surface area contributed by atoms with Crippen LogP contribution in [-0.2, 0) is 11.2 Å². The summed E-state index contributed by atoms with van der Waals surface area (Å²) in [4.78, 5) is 11.1. The predicted molar refractivity (Wildman–Crippen MR) is 82.4 cm³/mol. The highest BCUT2D eigenvalue weighted by Gasteiger charge is 2.15. The average molecular weight is 278 g/mol. The minimum atomic E-state index is -0.915. The molecule has 3 nitrogen and oxygen atoms in total. The highest BCUT2D eigenvalue weighted by atomic mass is 16.4. The van der Waals surface area contributed by atoms with Crippen molar-refractivity contribution in [3.8, 4) is 16.9 Å². The highest BCUT2D eigenvalue weighted by molar-refractivity contribution is 6.02. The zero-order chi connectivity index (χ0) is 14.8. The summed E-state index contributed by atoms with van der Waals surface area (Å²) in [5, 5.41) is 20.9. The molecule has 0 saturated carbocycles. The lowest BCUT2D eigenvalue weighted by atomic mass is 9.91. The number of rotatable bonds is 3. The number of carboxylic acids is 1. The molecule has 0 aromatic heterocycles. The van der Waals surface area contributed by atoms with E-state index in [1.54, 1.807) is 6.07 Å². The number of aromatic hydroxyl groups is 1. The third-order valence-electron chi connectivity index (χ3n) is 3.51. The molecule has 0 amide bonds. The third kappa shape index (κ3) is 2.46. The molecule has 2 N–H and O–H groups in total. The van der Waals surface area contributed by atoms with E-state index in [1.807, 2.05) is 54.6 Å². The van der Waals surface area contributed by atoms with E-state index in [4.69, 9.17) is 5.11 Å². The lowest BCUT2D eigenvalue weighted by Gasteiger charge is -2.14. The van der Waals surface area contributed by atoms with Gasteiger partial charge in [0.1, 0.15) is 5.75 Å². The van der Waals surface area contributed by atoms with Crippen molar-refractivity contribution >= 4 is 16.7 Å². The van der Waals surface area contributed by atoms with Gasteiger partial charge in [-0.1, -0.05) is 54.6 Å². The van der Waals surface area contributed by atoms with E-state index in [1.165, 1.54) is 0 Å². The van der Waals surface area contributed by atoms with E-state index >= 15 is 0 Å². The summed E-state index contributed by atoms with van der Waals surface area (Å²) >= 11 is 0. The lowest BCUT2D eigenvalue weighted by Crippen LogP contribution is -2.02. The number of aliphatic carboxylic acids is 1. The quantitative estimate of drug-likeness (QED) is 0.765. The predicted octanol–water partition coefficient (Wildman–Crippen LogP) is 3.84. The van der Waals surface area contributed by atoms with E-state index in [0.29, 0.717) is 5.56 Å². The Bertz CT molecular complexity index is 807. The van der Waals surface area contributed by atoms with Crippen molar-refractivity contribution in [1.82, 2.24) is 0 Å². The molecule has 0 aliphatic heterocycles. The fraction of sp³-hybridized carbons (Fsp3) is 0.0556. The topological polar surface area (TPSA) is 57.5 Å². The standard InChI is InChI=1S/C18H14O3/c19-16-10-13(11-17(20)21)18(12-6-2-1-3-7-12)15-9-5-4-8-14(15)16/h1-10,19H,11H2,(H,20,21). The first-order chi connectivity index (χ1) is 10.2. The Kier molecular flexibility index (Phi) is 3.32. The van der Waals surface area contributed by atoms with Crippen molar-refractivity contribution in [3.05, 3.63) is 66.2 Å². The molecule has 104 valence electrons. The molecule has 21 heavy (non-hydrogen) atoms. The van der Waals surface area contributed by atoms with Gasteiger partial charge in [-0.05, 0) is 28.1 Å². The lowest BCUT2D eigenvalue weighted by molar-refractivity contribution is -0.136. The Morgan fingerprint density at radius 1 is 0.905 bits per heavy atom. The van der Waals surface area contributed by atoms with Crippen molar-refractivity contribution < 1.29 is 15.0 Å². The molecule has 3 aromatic rings. The van der Waals surface area contributed by atoms with Crippen LogP contribution in [0.25, 0.3) is 21.9 Å². The van der Waals surface area contributed by atoms with Crippen molar-refractivity contribution in [1.29, 1.82) is 0 Å². The van der Waals surface area contributed by atoms with Gasteiger partial charge in [-0.15, -0.1) is 0 Å². The van der Waals surface area contributed by atoms with Crippen molar-refractivity contribution in [2.45, 2.75) is 6.42 Å². The van der Waals surface area contributed by atoms with E-state index in [0.717, 1.165) is 21.9 Å². The van der Waals surface area contributed by atoms with Crippen LogP contribution in [-0.4, -0.2) is 16.2 Å². The number of phenols is 1. The molecule has 0 fully saturated rings. The van der Waals surface area contributed by atoms with Crippen LogP contribution in [0.5, 0.6) is 5.75 Å². The van der Waals surface area contributed by atoms with Gasteiger partial charge in [0.05, 0.1) is 6.42 Å². The van der Waals surface area contributed by atoms with E-state index in [-0.39, 0.29) is 12.2 Å². The first kappa shape index (κ1) is 13.2. The number of carboxylic acid groups (broad SMARTS) is 1. The Morgan fingerprint density at radius 3 is 2.19 bits per heavy atom. The molecule has 0 radical (unpaired) electrons. The van der Waals surface area contributed by atoms with Gasteiger partial charge in [0.15, 0.2) is 0 Å². The minimum Gasteiger partial charge on any atom is -0.507 e. The second kappa shape index (κ2) is 5.29. The van der Waals surface area contributed by atoms with E-state index < -0.39 is 5.97 Å². The summed E-state index contributed by atoms with van der Waals surface area (Å²) < 4.78 is 0. The molecule has 0 heterocycles. The van der Waals surface area contributed by atoms with Crippen LogP contribution in [0.4, 0.5) is 0 Å². The minimum absolute atomic E-state index is 0.113. The second-order valence-corrected chi connectivity index (χ2v) is 4.91. The largest absolute Gasteiger partial charge is 0.507 e. The summed E-state index contributed by atoms with van der Waals surface area (Å²) in [6.07, 6.45) is -0.122. The SMILES string of the molecule is O=C(O)Cc1cc(O)c2ccccc2c1-c1ccccc1. The summed E-state index contributed by atoms with van der Waals surface area (Å²) in [6, 6.07) is 18.7. The van der Waals surface area contributed by atoms with Crippen molar-refractivity contribution in [2.24, 2.45) is 0 Å². The number of phenolic OH excluding ortho intramolecular Hbond substituents is 1. The smallest absolute Gasteiger partial charge is 0.307 e. The third-order valence-corrected chi connectivity index (χ3v) is 3.51. The maximum atomic E-state index is 11.1. The summed E-state index contributed by atoms with van der Waals surface area (Å²) in [5.74, 6) is -0.802. The zero-order valence-corrected chi connectivity index (χ0v) is 11.3. The molecule has 3 rings (SSSR count). The molecule has 3 aromatic carbocycles. The molecule has 0 unspecified atom stereocenters. The maximum absolute atomic E-state index is 11.1. The fourth-order valence-corrected chi connectivity index (χ4v) is 2.66. The van der Waals surface area contributed by atoms with Crippen LogP contribution < -0.4 is 0 Å². The van der Waals surface area contributed by atoms with E-state index in [9.17, 15) is 9.90 Å². The molecule has 3 heteroatoms. The number of hydrogen-bond acceptors (Lipinski definition) is 2. The van der Waals surface area contributed by atoms with Crippen molar-refractivity contribution in [2.75, 3.05) is 0 Å². The maximum Gasteiger partial charge on any atom is 0.307 e. The van der Waals surface area contributed by atoms with Gasteiger partial charge in [-0.3, -0.25) is 4.79 Å². The molecule has 0 aliphatic rings. The van der Waals surface area contributed by atoms with Crippen LogP contribution in [0.2, 0.25) is 0 Å². The van der Waals surface area contributed by atoms with Gasteiger partial charge in [0.2, 0.25) is 0 Å². The van der Waals surface area contributed by atoms with Gasteiger partial charge in [0, 0.05) is 5.39 Å².